The third-order valence-electron chi connectivity index (χ3n) is 5.19. The summed E-state index contributed by atoms with van der Waals surface area (Å²) in [5, 5.41) is 3.43. The predicted molar refractivity (Wildman–Crippen MR) is 108 cm³/mol. The van der Waals surface area contributed by atoms with Crippen LogP contribution in [-0.4, -0.2) is 43.0 Å². The molecule has 3 N–H and O–H groups in total. The van der Waals surface area contributed by atoms with Crippen molar-refractivity contribution in [1.29, 1.82) is 0 Å². The number of nitrogens with two attached hydrogens (primary N) is 1. The van der Waals surface area contributed by atoms with Gasteiger partial charge in [-0.2, -0.15) is 0 Å². The fourth-order valence-electron chi connectivity index (χ4n) is 3.58. The van der Waals surface area contributed by atoms with E-state index in [0.717, 1.165) is 30.8 Å². The van der Waals surface area contributed by atoms with Gasteiger partial charge in [0.1, 0.15) is 17.7 Å². The molecule has 0 aromatic heterocycles. The molecule has 28 heavy (non-hydrogen) atoms. The number of carbonyl (C=O) groups is 1. The lowest BCUT2D eigenvalue weighted by molar-refractivity contribution is 0.0999. The first-order valence-corrected chi connectivity index (χ1v) is 9.62. The second-order valence-electron chi connectivity index (χ2n) is 7.57. The van der Waals surface area contributed by atoms with Gasteiger partial charge in [-0.3, -0.25) is 9.69 Å². The third kappa shape index (κ3) is 4.88. The fraction of sp³-hybridized carbons (Fsp3) is 0.409. The van der Waals surface area contributed by atoms with E-state index in [1.54, 1.807) is 37.3 Å². The minimum atomic E-state index is -0.462. The summed E-state index contributed by atoms with van der Waals surface area (Å²) in [5.74, 6) is -0.0623. The van der Waals surface area contributed by atoms with Crippen molar-refractivity contribution in [1.82, 2.24) is 10.2 Å². The van der Waals surface area contributed by atoms with Crippen LogP contribution in [0.3, 0.4) is 0 Å². The van der Waals surface area contributed by atoms with Gasteiger partial charge in [-0.1, -0.05) is 12.1 Å². The summed E-state index contributed by atoms with van der Waals surface area (Å²) in [5.41, 5.74) is 8.03. The van der Waals surface area contributed by atoms with Crippen LogP contribution in [0.4, 0.5) is 4.39 Å². The van der Waals surface area contributed by atoms with Crippen LogP contribution in [0.1, 0.15) is 40.1 Å². The van der Waals surface area contributed by atoms with E-state index in [2.05, 4.69) is 17.1 Å². The van der Waals surface area contributed by atoms with Crippen molar-refractivity contribution in [3.05, 3.63) is 64.5 Å². The average molecular weight is 385 g/mol. The number of hydrogen-bond donors (Lipinski definition) is 2. The summed E-state index contributed by atoms with van der Waals surface area (Å²) in [6.07, 6.45) is -0.320. The molecular weight excluding hydrogens is 357 g/mol. The van der Waals surface area contributed by atoms with Crippen LogP contribution >= 0.6 is 0 Å². The van der Waals surface area contributed by atoms with E-state index in [-0.39, 0.29) is 11.9 Å². The number of aryl methyl sites for hydroxylation is 2. The highest BCUT2D eigenvalue weighted by Gasteiger charge is 2.23. The van der Waals surface area contributed by atoms with Gasteiger partial charge in [-0.25, -0.2) is 4.39 Å². The number of hydrogen-bond acceptors (Lipinski definition) is 4. The number of nitrogens with zero attached hydrogens (tertiary/aromatic N) is 1. The molecule has 1 amide bonds. The van der Waals surface area contributed by atoms with Gasteiger partial charge in [-0.05, 0) is 61.7 Å². The van der Waals surface area contributed by atoms with Crippen LogP contribution in [0.25, 0.3) is 0 Å². The number of ether oxygens (including phenoxy) is 1. The van der Waals surface area contributed by atoms with Gasteiger partial charge < -0.3 is 15.8 Å². The highest BCUT2D eigenvalue weighted by molar-refractivity contribution is 5.94. The van der Waals surface area contributed by atoms with Crippen molar-refractivity contribution in [3.8, 4) is 5.75 Å². The van der Waals surface area contributed by atoms with Crippen LogP contribution in [0.15, 0.2) is 36.4 Å². The van der Waals surface area contributed by atoms with Gasteiger partial charge >= 0.3 is 0 Å². The van der Waals surface area contributed by atoms with Gasteiger partial charge in [0.25, 0.3) is 0 Å². The predicted octanol–water partition coefficient (Wildman–Crippen LogP) is 2.96. The number of carbonyl (C=O) groups excluding carboxylic acids is 1. The molecule has 0 aliphatic carbocycles. The van der Waals surface area contributed by atoms with Crippen molar-refractivity contribution in [2.75, 3.05) is 26.2 Å². The number of rotatable bonds is 6. The van der Waals surface area contributed by atoms with E-state index in [1.165, 1.54) is 0 Å². The van der Waals surface area contributed by atoms with Gasteiger partial charge in [0.2, 0.25) is 5.91 Å². The molecule has 3 rings (SSSR count). The zero-order valence-electron chi connectivity index (χ0n) is 16.7. The fourth-order valence-corrected chi connectivity index (χ4v) is 3.58. The number of amides is 1. The first-order valence-electron chi connectivity index (χ1n) is 9.62. The number of primary amides is 1. The number of halogens is 1. The Hall–Kier alpha value is -2.44. The van der Waals surface area contributed by atoms with Crippen molar-refractivity contribution in [3.63, 3.8) is 0 Å². The Balaban J connectivity index is 1.86. The highest BCUT2D eigenvalue weighted by atomic mass is 19.1. The molecule has 6 heteroatoms. The van der Waals surface area contributed by atoms with Gasteiger partial charge in [-0.15, -0.1) is 0 Å². The summed E-state index contributed by atoms with van der Waals surface area (Å²) in [6.45, 7) is 9.13. The molecule has 2 atom stereocenters. The standard InChI is InChI=1S/C22H28FN3O2/c1-14-4-5-17(11-20(14)23)21(13-26-9-8-25-16(3)12-26)28-18-6-7-19(22(24)27)15(2)10-18/h4-7,10-11,16,21,25H,8-9,12-13H2,1-3H3,(H2,24,27)/t16-,21?/m1/s1. The number of nitrogens with one attached hydrogen (secondary N) is 1. The van der Waals surface area contributed by atoms with E-state index in [9.17, 15) is 9.18 Å². The summed E-state index contributed by atoms with van der Waals surface area (Å²) in [7, 11) is 0. The first kappa shape index (κ1) is 20.3. The van der Waals surface area contributed by atoms with Gasteiger partial charge in [0.15, 0.2) is 0 Å². The molecule has 0 saturated carbocycles. The minimum absolute atomic E-state index is 0.236. The van der Waals surface area contributed by atoms with Crippen molar-refractivity contribution in [2.24, 2.45) is 5.73 Å². The van der Waals surface area contributed by atoms with Crippen LogP contribution in [0.5, 0.6) is 5.75 Å². The molecule has 0 spiro atoms. The van der Waals surface area contributed by atoms with Crippen LogP contribution in [-0.2, 0) is 0 Å². The Bertz CT molecular complexity index is 856. The zero-order valence-corrected chi connectivity index (χ0v) is 16.7. The second-order valence-corrected chi connectivity index (χ2v) is 7.57. The quantitative estimate of drug-likeness (QED) is 0.802. The summed E-state index contributed by atoms with van der Waals surface area (Å²) in [4.78, 5) is 13.8. The van der Waals surface area contributed by atoms with Crippen LogP contribution in [0, 0.1) is 19.7 Å². The van der Waals surface area contributed by atoms with Gasteiger partial charge in [0.05, 0.1) is 0 Å². The second kappa shape index (κ2) is 8.71. The molecule has 150 valence electrons. The summed E-state index contributed by atoms with van der Waals surface area (Å²) in [6, 6.07) is 10.9. The molecule has 0 radical (unpaired) electrons. The number of piperazine rings is 1. The maximum atomic E-state index is 14.2. The van der Waals surface area contributed by atoms with E-state index in [4.69, 9.17) is 10.5 Å². The SMILES string of the molecule is Cc1ccc(C(CN2CCN[C@H](C)C2)Oc2ccc(C(N)=O)c(C)c2)cc1F. The Morgan fingerprint density at radius 2 is 2.07 bits per heavy atom. The van der Waals surface area contributed by atoms with Crippen molar-refractivity contribution < 1.29 is 13.9 Å². The molecule has 2 aromatic carbocycles. The molecular formula is C22H28FN3O2. The van der Waals surface area contributed by atoms with Crippen LogP contribution in [0.2, 0.25) is 0 Å². The molecule has 1 heterocycles. The van der Waals surface area contributed by atoms with E-state index in [0.29, 0.717) is 29.5 Å². The Morgan fingerprint density at radius 3 is 2.71 bits per heavy atom. The number of benzene rings is 2. The third-order valence-corrected chi connectivity index (χ3v) is 5.19. The van der Waals surface area contributed by atoms with Crippen molar-refractivity contribution >= 4 is 5.91 Å². The molecule has 1 saturated heterocycles. The average Bonchev–Trinajstić information content (AvgIpc) is 2.63. The molecule has 5 nitrogen and oxygen atoms in total. The summed E-state index contributed by atoms with van der Waals surface area (Å²) < 4.78 is 20.5. The Labute approximate surface area is 165 Å². The van der Waals surface area contributed by atoms with Gasteiger partial charge in [0, 0.05) is 37.8 Å². The summed E-state index contributed by atoms with van der Waals surface area (Å²) >= 11 is 0. The molecule has 1 aliphatic rings. The van der Waals surface area contributed by atoms with E-state index in [1.807, 2.05) is 13.0 Å². The zero-order chi connectivity index (χ0) is 20.3. The lowest BCUT2D eigenvalue weighted by atomic mass is 10.0. The molecule has 1 aliphatic heterocycles. The maximum Gasteiger partial charge on any atom is 0.248 e. The monoisotopic (exact) mass is 385 g/mol. The molecule has 1 fully saturated rings. The Kier molecular flexibility index (Phi) is 6.31. The van der Waals surface area contributed by atoms with Crippen molar-refractivity contribution in [2.45, 2.75) is 32.9 Å². The molecule has 2 aromatic rings. The first-order chi connectivity index (χ1) is 13.3. The minimum Gasteiger partial charge on any atom is -0.484 e. The molecule has 0 bridgehead atoms. The van der Waals surface area contributed by atoms with E-state index >= 15 is 0 Å². The van der Waals surface area contributed by atoms with E-state index < -0.39 is 5.91 Å². The lowest BCUT2D eigenvalue weighted by Gasteiger charge is -2.34. The maximum absolute atomic E-state index is 14.2. The van der Waals surface area contributed by atoms with Crippen LogP contribution < -0.4 is 15.8 Å². The normalized spacial score (nSPS) is 18.6. The largest absolute Gasteiger partial charge is 0.484 e. The molecule has 1 unspecified atom stereocenters. The lowest BCUT2D eigenvalue weighted by Crippen LogP contribution is -2.50. The Morgan fingerprint density at radius 1 is 1.29 bits per heavy atom. The highest BCUT2D eigenvalue weighted by Crippen LogP contribution is 2.26. The topological polar surface area (TPSA) is 67.6 Å². The smallest absolute Gasteiger partial charge is 0.248 e.